The van der Waals surface area contributed by atoms with Crippen molar-refractivity contribution >= 4 is 28.1 Å². The lowest BCUT2D eigenvalue weighted by Crippen LogP contribution is -2.36. The highest BCUT2D eigenvalue weighted by Gasteiger charge is 2.34. The third-order valence-corrected chi connectivity index (χ3v) is 6.55. The van der Waals surface area contributed by atoms with Crippen LogP contribution in [-0.2, 0) is 16.3 Å². The lowest BCUT2D eigenvalue weighted by Gasteiger charge is -2.28. The normalized spacial score (nSPS) is 14.7. The molecule has 8 heteroatoms. The summed E-state index contributed by atoms with van der Waals surface area (Å²) in [4.78, 5) is 11.0. The molecule has 0 aliphatic carbocycles. The first-order valence-corrected chi connectivity index (χ1v) is 12.3. The van der Waals surface area contributed by atoms with Crippen molar-refractivity contribution < 1.29 is 17.9 Å². The van der Waals surface area contributed by atoms with Gasteiger partial charge in [0.15, 0.2) is 0 Å². The minimum Gasteiger partial charge on any atom is -0.378 e. The van der Waals surface area contributed by atoms with Crippen LogP contribution in [0.2, 0.25) is 0 Å². The van der Waals surface area contributed by atoms with E-state index in [1.165, 1.54) is 17.8 Å². The number of rotatable bonds is 4. The van der Waals surface area contributed by atoms with Crippen LogP contribution in [0.5, 0.6) is 0 Å². The standard InChI is InChI=1S/C29H29F3N4O/c1-28(2,3)20-7-9-21(10-8-20)34-25-18-26(36-13-15-37-16-14-36)35-24-17-19(6-11-22(24)25)27-23(29(30,31)32)5-4-12-33-27/h4-12,17-18H,13-16H2,1-3H3,(H,34,35). The molecule has 2 aromatic heterocycles. The Bertz CT molecular complexity index is 1410. The molecule has 1 saturated heterocycles. The Hall–Kier alpha value is -3.65. The quantitative estimate of drug-likeness (QED) is 0.317. The molecule has 2 aromatic carbocycles. The summed E-state index contributed by atoms with van der Waals surface area (Å²) in [7, 11) is 0. The lowest BCUT2D eigenvalue weighted by molar-refractivity contribution is -0.137. The van der Waals surface area contributed by atoms with Crippen LogP contribution in [0.3, 0.4) is 0 Å². The monoisotopic (exact) mass is 506 g/mol. The SMILES string of the molecule is CC(C)(C)c1ccc(Nc2cc(N3CCOCC3)nc3cc(-c4ncccc4C(F)(F)F)ccc23)cc1. The minimum absolute atomic E-state index is 0.0442. The predicted molar refractivity (Wildman–Crippen MR) is 141 cm³/mol. The molecule has 0 unspecified atom stereocenters. The summed E-state index contributed by atoms with van der Waals surface area (Å²) < 4.78 is 46.5. The molecule has 4 aromatic rings. The molecule has 0 bridgehead atoms. The van der Waals surface area contributed by atoms with Gasteiger partial charge in [0.1, 0.15) is 5.82 Å². The molecule has 1 fully saturated rings. The largest absolute Gasteiger partial charge is 0.418 e. The van der Waals surface area contributed by atoms with Crippen LogP contribution in [0.15, 0.2) is 66.9 Å². The zero-order valence-electron chi connectivity index (χ0n) is 21.1. The van der Waals surface area contributed by atoms with E-state index in [0.29, 0.717) is 37.4 Å². The van der Waals surface area contributed by atoms with Crippen molar-refractivity contribution in [1.82, 2.24) is 9.97 Å². The number of nitrogens with zero attached hydrogens (tertiary/aromatic N) is 3. The second-order valence-electron chi connectivity index (χ2n) is 10.2. The van der Waals surface area contributed by atoms with E-state index in [0.717, 1.165) is 28.6 Å². The maximum atomic E-state index is 13.7. The molecule has 5 nitrogen and oxygen atoms in total. The number of nitrogens with one attached hydrogen (secondary N) is 1. The van der Waals surface area contributed by atoms with Crippen LogP contribution in [-0.4, -0.2) is 36.3 Å². The molecule has 1 aliphatic rings. The Morgan fingerprint density at radius 1 is 0.919 bits per heavy atom. The summed E-state index contributed by atoms with van der Waals surface area (Å²) in [6.45, 7) is 9.09. The van der Waals surface area contributed by atoms with Crippen LogP contribution in [0, 0.1) is 0 Å². The molecule has 5 rings (SSSR count). The van der Waals surface area contributed by atoms with E-state index in [-0.39, 0.29) is 11.1 Å². The van der Waals surface area contributed by atoms with Gasteiger partial charge < -0.3 is 15.0 Å². The Morgan fingerprint density at radius 3 is 2.32 bits per heavy atom. The highest BCUT2D eigenvalue weighted by molar-refractivity contribution is 5.97. The summed E-state index contributed by atoms with van der Waals surface area (Å²) >= 11 is 0. The lowest BCUT2D eigenvalue weighted by atomic mass is 9.87. The van der Waals surface area contributed by atoms with E-state index in [4.69, 9.17) is 9.72 Å². The van der Waals surface area contributed by atoms with Crippen LogP contribution < -0.4 is 10.2 Å². The van der Waals surface area contributed by atoms with Gasteiger partial charge in [0.05, 0.1) is 35.7 Å². The molecule has 0 amide bonds. The first kappa shape index (κ1) is 25.0. The van der Waals surface area contributed by atoms with Gasteiger partial charge in [-0.2, -0.15) is 13.2 Å². The van der Waals surface area contributed by atoms with Gasteiger partial charge in [0.25, 0.3) is 0 Å². The fourth-order valence-electron chi connectivity index (χ4n) is 4.49. The second-order valence-corrected chi connectivity index (χ2v) is 10.2. The molecule has 0 saturated carbocycles. The Balaban J connectivity index is 1.60. The zero-order valence-corrected chi connectivity index (χ0v) is 21.1. The number of ether oxygens (including phenoxy) is 1. The minimum atomic E-state index is -4.51. The van der Waals surface area contributed by atoms with Crippen LogP contribution in [0.25, 0.3) is 22.2 Å². The van der Waals surface area contributed by atoms with Crippen LogP contribution in [0.4, 0.5) is 30.4 Å². The smallest absolute Gasteiger partial charge is 0.378 e. The number of hydrogen-bond acceptors (Lipinski definition) is 5. The fourth-order valence-corrected chi connectivity index (χ4v) is 4.49. The second kappa shape index (κ2) is 9.67. The van der Waals surface area contributed by atoms with E-state index in [9.17, 15) is 13.2 Å². The summed E-state index contributed by atoms with van der Waals surface area (Å²) in [6, 6.07) is 17.8. The topological polar surface area (TPSA) is 50.3 Å². The predicted octanol–water partition coefficient (Wildman–Crippen LogP) is 7.19. The average Bonchev–Trinajstić information content (AvgIpc) is 2.88. The number of alkyl halides is 3. The summed E-state index contributed by atoms with van der Waals surface area (Å²) in [5.41, 5.74) is 3.11. The first-order chi connectivity index (χ1) is 17.6. The Kier molecular flexibility index (Phi) is 6.54. The first-order valence-electron chi connectivity index (χ1n) is 12.3. The number of halogens is 3. The van der Waals surface area contributed by atoms with Gasteiger partial charge in [-0.05, 0) is 41.3 Å². The van der Waals surface area contributed by atoms with Gasteiger partial charge in [0.2, 0.25) is 0 Å². The number of benzene rings is 2. The molecule has 0 spiro atoms. The molecular formula is C29H29F3N4O. The van der Waals surface area contributed by atoms with Crippen molar-refractivity contribution in [3.63, 3.8) is 0 Å². The van der Waals surface area contributed by atoms with Gasteiger partial charge in [-0.25, -0.2) is 4.98 Å². The summed E-state index contributed by atoms with van der Waals surface area (Å²) in [5, 5.41) is 4.32. The highest BCUT2D eigenvalue weighted by Crippen LogP contribution is 2.38. The number of anilines is 3. The average molecular weight is 507 g/mol. The van der Waals surface area contributed by atoms with Gasteiger partial charge in [-0.3, -0.25) is 4.98 Å². The van der Waals surface area contributed by atoms with E-state index in [1.54, 1.807) is 18.2 Å². The van der Waals surface area contributed by atoms with E-state index in [2.05, 4.69) is 48.1 Å². The van der Waals surface area contributed by atoms with Crippen LogP contribution in [0.1, 0.15) is 31.9 Å². The molecule has 1 N–H and O–H groups in total. The van der Waals surface area contributed by atoms with Crippen molar-refractivity contribution in [3.8, 4) is 11.3 Å². The molecule has 37 heavy (non-hydrogen) atoms. The van der Waals surface area contributed by atoms with Crippen LogP contribution >= 0.6 is 0 Å². The highest BCUT2D eigenvalue weighted by atomic mass is 19.4. The number of aromatic nitrogens is 2. The fraction of sp³-hybridized carbons (Fsp3) is 0.310. The van der Waals surface area contributed by atoms with Crippen molar-refractivity contribution in [3.05, 3.63) is 78.0 Å². The van der Waals surface area contributed by atoms with Gasteiger partial charge >= 0.3 is 6.18 Å². The number of hydrogen-bond donors (Lipinski definition) is 1. The van der Waals surface area contributed by atoms with E-state index in [1.807, 2.05) is 18.2 Å². The van der Waals surface area contributed by atoms with Crippen molar-refractivity contribution in [2.75, 3.05) is 36.5 Å². The molecule has 0 atom stereocenters. The zero-order chi connectivity index (χ0) is 26.2. The number of morpholine rings is 1. The van der Waals surface area contributed by atoms with E-state index >= 15 is 0 Å². The number of fused-ring (bicyclic) bond motifs is 1. The van der Waals surface area contributed by atoms with Gasteiger partial charge in [-0.15, -0.1) is 0 Å². The maximum Gasteiger partial charge on any atom is 0.418 e. The van der Waals surface area contributed by atoms with Crippen molar-refractivity contribution in [2.45, 2.75) is 32.4 Å². The molecule has 192 valence electrons. The van der Waals surface area contributed by atoms with Crippen molar-refractivity contribution in [1.29, 1.82) is 0 Å². The van der Waals surface area contributed by atoms with Gasteiger partial charge in [0, 0.05) is 42.0 Å². The molecule has 1 aliphatic heterocycles. The molecular weight excluding hydrogens is 477 g/mol. The van der Waals surface area contributed by atoms with Crippen molar-refractivity contribution in [2.24, 2.45) is 0 Å². The maximum absolute atomic E-state index is 13.7. The third-order valence-electron chi connectivity index (χ3n) is 6.55. The summed E-state index contributed by atoms with van der Waals surface area (Å²) in [5.74, 6) is 0.749. The third kappa shape index (κ3) is 5.39. The molecule has 3 heterocycles. The van der Waals surface area contributed by atoms with Gasteiger partial charge in [-0.1, -0.05) is 45.0 Å². The molecule has 0 radical (unpaired) electrons. The van der Waals surface area contributed by atoms with E-state index < -0.39 is 11.7 Å². The Morgan fingerprint density at radius 2 is 1.65 bits per heavy atom. The summed E-state index contributed by atoms with van der Waals surface area (Å²) in [6.07, 6.45) is -3.13. The number of pyridine rings is 2. The Labute approximate surface area is 214 Å².